The predicted octanol–water partition coefficient (Wildman–Crippen LogP) is 3.71. The van der Waals surface area contributed by atoms with E-state index in [1.54, 1.807) is 6.26 Å². The highest BCUT2D eigenvalue weighted by atomic mass is 35.6. The SMILES string of the molecule is CS[N+](C(=O)OCC(Cl)(Cl)Cl)C(C)(C)C. The molecule has 0 heterocycles. The molecule has 0 rings (SSSR count). The van der Waals surface area contributed by atoms with E-state index in [-0.39, 0.29) is 12.1 Å². The number of carbonyl (C=O) groups is 1. The second kappa shape index (κ2) is 5.82. The second-order valence-corrected chi connectivity index (χ2v) is 7.06. The van der Waals surface area contributed by atoms with Crippen LogP contribution in [0.5, 0.6) is 0 Å². The summed E-state index contributed by atoms with van der Waals surface area (Å²) in [5.41, 5.74) is -0.343. The van der Waals surface area contributed by atoms with E-state index in [0.717, 1.165) is 0 Å². The fraction of sp³-hybridized carbons (Fsp3) is 0.875. The summed E-state index contributed by atoms with van der Waals surface area (Å²) in [5, 5.41) is 0. The van der Waals surface area contributed by atoms with Crippen LogP contribution in [0.25, 0.3) is 0 Å². The fourth-order valence-electron chi connectivity index (χ4n) is 0.824. The van der Waals surface area contributed by atoms with E-state index in [2.05, 4.69) is 0 Å². The van der Waals surface area contributed by atoms with Gasteiger partial charge in [0.2, 0.25) is 3.79 Å². The number of alkyl halides is 3. The minimum atomic E-state index is -1.57. The van der Waals surface area contributed by atoms with Crippen molar-refractivity contribution in [3.63, 3.8) is 0 Å². The first-order chi connectivity index (χ1) is 6.58. The summed E-state index contributed by atoms with van der Waals surface area (Å²) in [4.78, 5) is 11.6. The number of halogens is 3. The van der Waals surface area contributed by atoms with E-state index >= 15 is 0 Å². The molecule has 89 valence electrons. The van der Waals surface area contributed by atoms with Crippen LogP contribution in [-0.4, -0.2) is 28.3 Å². The highest BCUT2D eigenvalue weighted by molar-refractivity contribution is 7.97. The fourth-order valence-corrected chi connectivity index (χ4v) is 1.74. The Kier molecular flexibility index (Phi) is 6.08. The van der Waals surface area contributed by atoms with Gasteiger partial charge in [-0.05, 0) is 20.8 Å². The molecule has 0 fully saturated rings. The van der Waals surface area contributed by atoms with Gasteiger partial charge in [0.25, 0.3) is 0 Å². The van der Waals surface area contributed by atoms with E-state index in [0.29, 0.717) is 0 Å². The lowest BCUT2D eigenvalue weighted by Gasteiger charge is -2.19. The van der Waals surface area contributed by atoms with Gasteiger partial charge < -0.3 is 4.74 Å². The maximum atomic E-state index is 11.6. The Hall–Kier alpha value is 0.650. The van der Waals surface area contributed by atoms with Crippen LogP contribution in [-0.2, 0) is 4.74 Å². The quantitative estimate of drug-likeness (QED) is 0.442. The Morgan fingerprint density at radius 3 is 2.07 bits per heavy atom. The van der Waals surface area contributed by atoms with Gasteiger partial charge in [-0.2, -0.15) is 4.79 Å². The Morgan fingerprint density at radius 2 is 1.80 bits per heavy atom. The summed E-state index contributed by atoms with van der Waals surface area (Å²) in [6.45, 7) is 5.41. The number of hydrogen-bond acceptors (Lipinski definition) is 3. The lowest BCUT2D eigenvalue weighted by atomic mass is 10.1. The van der Waals surface area contributed by atoms with Gasteiger partial charge in [0.1, 0.15) is 18.6 Å². The smallest absolute Gasteiger partial charge is 0.411 e. The van der Waals surface area contributed by atoms with Crippen molar-refractivity contribution in [3.8, 4) is 0 Å². The third-order valence-corrected chi connectivity index (χ3v) is 2.71. The Morgan fingerprint density at radius 1 is 1.33 bits per heavy atom. The maximum absolute atomic E-state index is 11.6. The van der Waals surface area contributed by atoms with E-state index in [1.807, 2.05) is 20.8 Å². The molecule has 1 amide bonds. The van der Waals surface area contributed by atoms with E-state index < -0.39 is 9.89 Å². The molecule has 0 saturated carbocycles. The van der Waals surface area contributed by atoms with Crippen LogP contribution in [0.3, 0.4) is 0 Å². The number of hydrogen-bond donors (Lipinski definition) is 0. The molecule has 0 atom stereocenters. The Balaban J connectivity index is 4.31. The van der Waals surface area contributed by atoms with E-state index in [4.69, 9.17) is 39.5 Å². The lowest BCUT2D eigenvalue weighted by Crippen LogP contribution is -2.46. The third kappa shape index (κ3) is 6.74. The van der Waals surface area contributed by atoms with E-state index in [9.17, 15) is 4.79 Å². The Labute approximate surface area is 109 Å². The minimum Gasteiger partial charge on any atom is -0.411 e. The topological polar surface area (TPSA) is 32.2 Å². The van der Waals surface area contributed by atoms with Gasteiger partial charge >= 0.3 is 6.09 Å². The molecule has 0 unspecified atom stereocenters. The number of amides is 1. The van der Waals surface area contributed by atoms with Gasteiger partial charge in [-0.3, -0.25) is 0 Å². The first kappa shape index (κ1) is 15.7. The minimum absolute atomic E-state index is 0.260. The van der Waals surface area contributed by atoms with Gasteiger partial charge in [-0.15, -0.1) is 0 Å². The van der Waals surface area contributed by atoms with Crippen LogP contribution in [0, 0.1) is 0 Å². The normalized spacial score (nSPS) is 13.1. The van der Waals surface area contributed by atoms with Gasteiger partial charge in [0, 0.05) is 10.6 Å². The molecule has 1 radical (unpaired) electrons. The first-order valence-corrected chi connectivity index (χ1v) is 6.47. The average Bonchev–Trinajstić information content (AvgIpc) is 1.98. The van der Waals surface area contributed by atoms with Crippen LogP contribution in [0.2, 0.25) is 0 Å². The van der Waals surface area contributed by atoms with Crippen molar-refractivity contribution in [2.45, 2.75) is 30.1 Å². The summed E-state index contributed by atoms with van der Waals surface area (Å²) in [7, 11) is 0. The molecule has 0 aromatic heterocycles. The zero-order valence-electron chi connectivity index (χ0n) is 9.01. The summed E-state index contributed by atoms with van der Waals surface area (Å²) in [5.74, 6) is 0. The number of rotatable bonds is 2. The monoisotopic (exact) mass is 293 g/mol. The first-order valence-electron chi connectivity index (χ1n) is 4.16. The molecule has 7 heteroatoms. The number of carbonyl (C=O) groups excluding carboxylic acids is 1. The molecule has 0 aromatic rings. The second-order valence-electron chi connectivity index (χ2n) is 3.82. The van der Waals surface area contributed by atoms with Crippen molar-refractivity contribution in [1.82, 2.24) is 4.31 Å². The average molecular weight is 295 g/mol. The highest BCUT2D eigenvalue weighted by Crippen LogP contribution is 2.27. The van der Waals surface area contributed by atoms with Crippen LogP contribution in [0.4, 0.5) is 4.79 Å². The van der Waals surface area contributed by atoms with Crippen LogP contribution in [0.1, 0.15) is 20.8 Å². The zero-order chi connectivity index (χ0) is 12.3. The van der Waals surface area contributed by atoms with Crippen LogP contribution in [0.15, 0.2) is 0 Å². The van der Waals surface area contributed by atoms with Crippen molar-refractivity contribution in [2.75, 3.05) is 12.9 Å². The van der Waals surface area contributed by atoms with Gasteiger partial charge in [0.15, 0.2) is 5.54 Å². The Bertz CT molecular complexity index is 225. The summed E-state index contributed by atoms with van der Waals surface area (Å²) >= 11 is 17.7. The molecule has 0 aliphatic rings. The summed E-state index contributed by atoms with van der Waals surface area (Å²) in [6, 6.07) is 0. The maximum Gasteiger partial charge on any atom is 0.580 e. The van der Waals surface area contributed by atoms with Crippen molar-refractivity contribution in [3.05, 3.63) is 0 Å². The molecule has 0 spiro atoms. The van der Waals surface area contributed by atoms with Crippen molar-refractivity contribution < 1.29 is 9.53 Å². The predicted molar refractivity (Wildman–Crippen MR) is 67.0 cm³/mol. The van der Waals surface area contributed by atoms with Gasteiger partial charge in [-0.25, -0.2) is 0 Å². The highest BCUT2D eigenvalue weighted by Gasteiger charge is 2.42. The molecule has 0 aromatic carbocycles. The molecular weight excluding hydrogens is 281 g/mol. The van der Waals surface area contributed by atoms with Gasteiger partial charge in [0.05, 0.1) is 0 Å². The summed E-state index contributed by atoms with van der Waals surface area (Å²) < 4.78 is 4.76. The molecule has 0 bridgehead atoms. The van der Waals surface area contributed by atoms with Gasteiger partial charge in [-0.1, -0.05) is 34.8 Å². The van der Waals surface area contributed by atoms with E-state index in [1.165, 1.54) is 16.3 Å². The van der Waals surface area contributed by atoms with Crippen LogP contribution >= 0.6 is 46.8 Å². The van der Waals surface area contributed by atoms with Crippen LogP contribution < -0.4 is 4.31 Å². The zero-order valence-corrected chi connectivity index (χ0v) is 12.1. The number of ether oxygens (including phenoxy) is 1. The lowest BCUT2D eigenvalue weighted by molar-refractivity contribution is 0.131. The largest absolute Gasteiger partial charge is 0.580 e. The molecule has 15 heavy (non-hydrogen) atoms. The molecular formula is C8H14Cl3NO2S+. The molecule has 3 nitrogen and oxygen atoms in total. The summed E-state index contributed by atoms with van der Waals surface area (Å²) in [6.07, 6.45) is 1.27. The van der Waals surface area contributed by atoms with Crippen molar-refractivity contribution in [2.24, 2.45) is 0 Å². The molecule has 0 aliphatic heterocycles. The third-order valence-electron chi connectivity index (χ3n) is 1.32. The molecule has 0 aliphatic carbocycles. The molecule has 0 saturated heterocycles. The van der Waals surface area contributed by atoms with Crippen molar-refractivity contribution >= 4 is 52.8 Å². The molecule has 0 N–H and O–H groups in total. The number of nitrogens with zero attached hydrogens (tertiary/aromatic N) is 1. The standard InChI is InChI=1S/C8H14Cl3NO2S/c1-7(2,3)12(15-4)6(13)14-5-8(9,10)11/h5H2,1-4H3/q+1. The van der Waals surface area contributed by atoms with Crippen molar-refractivity contribution in [1.29, 1.82) is 0 Å².